The van der Waals surface area contributed by atoms with Crippen molar-refractivity contribution < 1.29 is 0 Å². The van der Waals surface area contributed by atoms with E-state index in [-0.39, 0.29) is 0 Å². The Labute approximate surface area is 105 Å². The van der Waals surface area contributed by atoms with Crippen LogP contribution in [0.25, 0.3) is 16.4 Å². The van der Waals surface area contributed by atoms with Gasteiger partial charge < -0.3 is 0 Å². The minimum Gasteiger partial charge on any atom is -0.296 e. The highest BCUT2D eigenvalue weighted by molar-refractivity contribution is 9.10. The molecule has 0 unspecified atom stereocenters. The Morgan fingerprint density at radius 2 is 2.19 bits per heavy atom. The van der Waals surface area contributed by atoms with Gasteiger partial charge in [0, 0.05) is 15.6 Å². The van der Waals surface area contributed by atoms with Crippen molar-refractivity contribution in [3.63, 3.8) is 0 Å². The number of H-pyrrole nitrogens is 1. The van der Waals surface area contributed by atoms with Crippen LogP contribution < -0.4 is 0 Å². The van der Waals surface area contributed by atoms with E-state index in [2.05, 4.69) is 38.1 Å². The third-order valence-electron chi connectivity index (χ3n) is 2.52. The number of nitrogens with zero attached hydrogens (tertiary/aromatic N) is 2. The Morgan fingerprint density at radius 1 is 1.38 bits per heavy atom. The highest BCUT2D eigenvalue weighted by Gasteiger charge is 2.05. The molecular weight excluding hydrogens is 286 g/mol. The predicted molar refractivity (Wildman–Crippen MR) is 70.3 cm³/mol. The van der Waals surface area contributed by atoms with Crippen LogP contribution in [0.15, 0.2) is 28.7 Å². The molecule has 0 saturated carbocycles. The number of benzene rings is 1. The van der Waals surface area contributed by atoms with Crippen LogP contribution in [0.1, 0.15) is 5.69 Å². The van der Waals surface area contributed by atoms with E-state index in [1.54, 1.807) is 0 Å². The molecule has 1 aromatic carbocycles. The maximum Gasteiger partial charge on any atom is 0.219 e. The molecule has 2 heterocycles. The molecule has 0 saturated heterocycles. The quantitative estimate of drug-likeness (QED) is 0.642. The van der Waals surface area contributed by atoms with Crippen LogP contribution in [0.4, 0.5) is 0 Å². The number of hydrogen-bond acceptors (Lipinski definition) is 2. The van der Waals surface area contributed by atoms with Gasteiger partial charge in [0.15, 0.2) is 0 Å². The molecule has 0 aliphatic rings. The lowest BCUT2D eigenvalue weighted by atomic mass is 10.2. The lowest BCUT2D eigenvalue weighted by Crippen LogP contribution is -1.94. The summed E-state index contributed by atoms with van der Waals surface area (Å²) in [7, 11) is 0. The fourth-order valence-corrected chi connectivity index (χ4v) is 2.45. The highest BCUT2D eigenvalue weighted by Crippen LogP contribution is 2.23. The predicted octanol–water partition coefficient (Wildman–Crippen LogP) is 3.62. The van der Waals surface area contributed by atoms with Gasteiger partial charge >= 0.3 is 0 Å². The van der Waals surface area contributed by atoms with Gasteiger partial charge in [-0.05, 0) is 43.4 Å². The Morgan fingerprint density at radius 3 is 3.00 bits per heavy atom. The summed E-state index contributed by atoms with van der Waals surface area (Å²) in [5.41, 5.74) is 3.06. The summed E-state index contributed by atoms with van der Waals surface area (Å²) >= 11 is 8.71. The van der Waals surface area contributed by atoms with Crippen LogP contribution in [0.2, 0.25) is 0 Å². The summed E-state index contributed by atoms with van der Waals surface area (Å²) in [6.45, 7) is 2.01. The fourth-order valence-electron chi connectivity index (χ4n) is 1.85. The lowest BCUT2D eigenvalue weighted by Gasteiger charge is -2.01. The zero-order valence-electron chi connectivity index (χ0n) is 8.49. The molecule has 2 aromatic heterocycles. The first-order valence-corrected chi connectivity index (χ1v) is 6.03. The molecule has 0 amide bonds. The second kappa shape index (κ2) is 3.40. The van der Waals surface area contributed by atoms with Crippen molar-refractivity contribution in [3.05, 3.63) is 39.2 Å². The second-order valence-corrected chi connectivity index (χ2v) is 5.00. The zero-order chi connectivity index (χ0) is 11.3. The van der Waals surface area contributed by atoms with Gasteiger partial charge in [-0.2, -0.15) is 0 Å². The Hall–Kier alpha value is -1.20. The number of fused-ring (bicyclic) bond motifs is 3. The molecule has 16 heavy (non-hydrogen) atoms. The normalized spacial score (nSPS) is 11.4. The number of aromatic amines is 1. The molecule has 0 bridgehead atoms. The first-order chi connectivity index (χ1) is 7.65. The number of aromatic nitrogens is 3. The molecule has 1 N–H and O–H groups in total. The van der Waals surface area contributed by atoms with Crippen LogP contribution in [0.5, 0.6) is 0 Å². The number of aryl methyl sites for hydroxylation is 1. The van der Waals surface area contributed by atoms with E-state index in [9.17, 15) is 0 Å². The molecule has 3 aromatic rings. The van der Waals surface area contributed by atoms with Crippen molar-refractivity contribution in [2.45, 2.75) is 6.92 Å². The molecule has 0 spiro atoms. The number of nitrogens with one attached hydrogen (secondary N) is 1. The maximum atomic E-state index is 5.24. The van der Waals surface area contributed by atoms with Gasteiger partial charge in [0.2, 0.25) is 4.77 Å². The summed E-state index contributed by atoms with van der Waals surface area (Å²) in [6.07, 6.45) is 0. The monoisotopic (exact) mass is 293 g/mol. The molecule has 0 atom stereocenters. The van der Waals surface area contributed by atoms with Gasteiger partial charge in [0.1, 0.15) is 0 Å². The average Bonchev–Trinajstić information content (AvgIpc) is 2.62. The second-order valence-electron chi connectivity index (χ2n) is 3.72. The van der Waals surface area contributed by atoms with Crippen LogP contribution >= 0.6 is 28.1 Å². The van der Waals surface area contributed by atoms with E-state index in [0.717, 1.165) is 26.6 Å². The first-order valence-electron chi connectivity index (χ1n) is 4.83. The third-order valence-corrected chi connectivity index (χ3v) is 3.29. The molecule has 80 valence electrons. The van der Waals surface area contributed by atoms with E-state index >= 15 is 0 Å². The molecule has 0 radical (unpaired) electrons. The van der Waals surface area contributed by atoms with Gasteiger partial charge in [0.05, 0.1) is 11.0 Å². The molecule has 5 heteroatoms. The third kappa shape index (κ3) is 1.39. The fraction of sp³-hybridized carbons (Fsp3) is 0.0909. The molecule has 0 aliphatic heterocycles. The number of hydrogen-bond donors (Lipinski definition) is 1. The van der Waals surface area contributed by atoms with Crippen molar-refractivity contribution in [1.82, 2.24) is 14.6 Å². The topological polar surface area (TPSA) is 33.1 Å². The summed E-state index contributed by atoms with van der Waals surface area (Å²) in [6, 6.07) is 8.07. The largest absolute Gasteiger partial charge is 0.296 e. The van der Waals surface area contributed by atoms with E-state index in [1.807, 2.05) is 23.6 Å². The Kier molecular flexibility index (Phi) is 2.12. The molecular formula is C11H8BrN3S. The SMILES string of the molecule is Cc1cc2c3cc(Br)ccc3nc(=S)n2[nH]1. The van der Waals surface area contributed by atoms with Crippen molar-refractivity contribution in [1.29, 1.82) is 0 Å². The van der Waals surface area contributed by atoms with Crippen molar-refractivity contribution >= 4 is 44.6 Å². The van der Waals surface area contributed by atoms with Crippen LogP contribution in [-0.4, -0.2) is 14.6 Å². The maximum absolute atomic E-state index is 5.24. The summed E-state index contributed by atoms with van der Waals surface area (Å²) in [5.74, 6) is 0. The molecule has 3 nitrogen and oxygen atoms in total. The van der Waals surface area contributed by atoms with Crippen molar-refractivity contribution in [2.24, 2.45) is 0 Å². The van der Waals surface area contributed by atoms with Crippen LogP contribution in [0.3, 0.4) is 0 Å². The number of halogens is 1. The Bertz CT molecular complexity index is 757. The first kappa shape index (κ1) is 9.99. The van der Waals surface area contributed by atoms with Crippen LogP contribution in [0, 0.1) is 11.7 Å². The van der Waals surface area contributed by atoms with Crippen LogP contribution in [-0.2, 0) is 0 Å². The van der Waals surface area contributed by atoms with E-state index in [1.165, 1.54) is 0 Å². The molecule has 3 rings (SSSR count). The van der Waals surface area contributed by atoms with Gasteiger partial charge in [-0.1, -0.05) is 15.9 Å². The van der Waals surface area contributed by atoms with E-state index < -0.39 is 0 Å². The van der Waals surface area contributed by atoms with Gasteiger partial charge in [-0.25, -0.2) is 9.50 Å². The average molecular weight is 294 g/mol. The van der Waals surface area contributed by atoms with Gasteiger partial charge in [-0.3, -0.25) is 5.10 Å². The minimum absolute atomic E-state index is 0.554. The summed E-state index contributed by atoms with van der Waals surface area (Å²) < 4.78 is 3.43. The lowest BCUT2D eigenvalue weighted by molar-refractivity contribution is 0.894. The number of rotatable bonds is 0. The van der Waals surface area contributed by atoms with Gasteiger partial charge in [-0.15, -0.1) is 0 Å². The summed E-state index contributed by atoms with van der Waals surface area (Å²) in [4.78, 5) is 4.38. The van der Waals surface area contributed by atoms with Crippen molar-refractivity contribution in [2.75, 3.05) is 0 Å². The minimum atomic E-state index is 0.554. The van der Waals surface area contributed by atoms with E-state index in [0.29, 0.717) is 4.77 Å². The van der Waals surface area contributed by atoms with Gasteiger partial charge in [0.25, 0.3) is 0 Å². The van der Waals surface area contributed by atoms with E-state index in [4.69, 9.17) is 12.2 Å². The smallest absolute Gasteiger partial charge is 0.219 e. The summed E-state index contributed by atoms with van der Waals surface area (Å²) in [5, 5.41) is 4.26. The van der Waals surface area contributed by atoms with Crippen molar-refractivity contribution in [3.8, 4) is 0 Å². The zero-order valence-corrected chi connectivity index (χ0v) is 10.9. The molecule has 0 fully saturated rings. The Balaban J connectivity index is 2.65. The standard InChI is InChI=1S/C11H8BrN3S/c1-6-4-10-8-5-7(12)2-3-9(8)13-11(16)15(10)14-6/h2-5,14H,1H3. The highest BCUT2D eigenvalue weighted by atomic mass is 79.9. The molecule has 0 aliphatic carbocycles.